The monoisotopic (exact) mass is 455 g/mol. The van der Waals surface area contributed by atoms with Crippen molar-refractivity contribution in [1.82, 2.24) is 4.57 Å². The van der Waals surface area contributed by atoms with Crippen LogP contribution in [0.4, 0.5) is 8.78 Å². The summed E-state index contributed by atoms with van der Waals surface area (Å²) in [5.41, 5.74) is 3.97. The normalized spacial score (nSPS) is 13.5. The lowest BCUT2D eigenvalue weighted by atomic mass is 10.0. The number of aliphatic hydroxyl groups excluding tert-OH is 2. The average molecular weight is 456 g/mol. The molecule has 0 saturated carbocycles. The number of aliphatic hydroxyl groups is 2. The van der Waals surface area contributed by atoms with Gasteiger partial charge in [-0.1, -0.05) is 26.0 Å². The van der Waals surface area contributed by atoms with Crippen LogP contribution in [0.3, 0.4) is 0 Å². The molecule has 0 saturated heterocycles. The minimum Gasteiger partial charge on any atom is -0.481 e. The number of rotatable bonds is 9. The summed E-state index contributed by atoms with van der Waals surface area (Å²) in [4.78, 5) is 10.8. The fraction of sp³-hybridized carbons (Fsp3) is 0.269. The van der Waals surface area contributed by atoms with Gasteiger partial charge >= 0.3 is 5.97 Å². The molecule has 174 valence electrons. The zero-order chi connectivity index (χ0) is 24.1. The Labute approximate surface area is 191 Å². The molecule has 7 heteroatoms. The van der Waals surface area contributed by atoms with E-state index in [0.29, 0.717) is 0 Å². The fourth-order valence-electron chi connectivity index (χ4n) is 3.73. The van der Waals surface area contributed by atoms with Gasteiger partial charge in [-0.25, -0.2) is 8.78 Å². The van der Waals surface area contributed by atoms with Crippen LogP contribution in [0.5, 0.6) is 0 Å². The van der Waals surface area contributed by atoms with E-state index >= 15 is 0 Å². The number of aromatic nitrogens is 1. The van der Waals surface area contributed by atoms with Gasteiger partial charge in [0.05, 0.1) is 24.3 Å². The summed E-state index contributed by atoms with van der Waals surface area (Å²) in [6.45, 7) is 4.02. The smallest absolute Gasteiger partial charge is 0.305 e. The van der Waals surface area contributed by atoms with Gasteiger partial charge in [0.2, 0.25) is 0 Å². The quantitative estimate of drug-likeness (QED) is 0.410. The van der Waals surface area contributed by atoms with Gasteiger partial charge in [-0.15, -0.1) is 0 Å². The molecular formula is C26H27F2NO4. The van der Waals surface area contributed by atoms with E-state index < -0.39 is 24.6 Å². The van der Waals surface area contributed by atoms with E-state index in [9.17, 15) is 23.8 Å². The Balaban J connectivity index is 2.10. The molecule has 0 bridgehead atoms. The first kappa shape index (κ1) is 24.4. The van der Waals surface area contributed by atoms with Crippen LogP contribution in [0.25, 0.3) is 28.6 Å². The van der Waals surface area contributed by atoms with E-state index in [2.05, 4.69) is 0 Å². The van der Waals surface area contributed by atoms with Crippen LogP contribution in [0.15, 0.2) is 60.7 Å². The van der Waals surface area contributed by atoms with Crippen LogP contribution in [-0.2, 0) is 4.79 Å². The van der Waals surface area contributed by atoms with Crippen LogP contribution >= 0.6 is 0 Å². The highest BCUT2D eigenvalue weighted by atomic mass is 19.1. The van der Waals surface area contributed by atoms with Gasteiger partial charge in [0.25, 0.3) is 0 Å². The summed E-state index contributed by atoms with van der Waals surface area (Å²) >= 11 is 0. The zero-order valence-corrected chi connectivity index (χ0v) is 18.5. The van der Waals surface area contributed by atoms with Crippen molar-refractivity contribution in [2.24, 2.45) is 0 Å². The highest BCUT2D eigenvalue weighted by Crippen LogP contribution is 2.38. The summed E-state index contributed by atoms with van der Waals surface area (Å²) < 4.78 is 29.0. The third-order valence-corrected chi connectivity index (χ3v) is 5.31. The molecule has 0 amide bonds. The van der Waals surface area contributed by atoms with Crippen molar-refractivity contribution in [2.75, 3.05) is 0 Å². The maximum atomic E-state index is 13.6. The second kappa shape index (κ2) is 10.6. The Morgan fingerprint density at radius 1 is 0.970 bits per heavy atom. The first-order valence-electron chi connectivity index (χ1n) is 10.7. The fourth-order valence-corrected chi connectivity index (χ4v) is 3.73. The number of hydrogen-bond acceptors (Lipinski definition) is 3. The maximum Gasteiger partial charge on any atom is 0.305 e. The molecule has 1 heterocycles. The van der Waals surface area contributed by atoms with E-state index in [-0.39, 0.29) is 24.0 Å². The van der Waals surface area contributed by atoms with Gasteiger partial charge in [-0.3, -0.25) is 4.79 Å². The summed E-state index contributed by atoms with van der Waals surface area (Å²) in [5.74, 6) is -1.79. The molecule has 5 nitrogen and oxygen atoms in total. The number of benzene rings is 2. The molecule has 33 heavy (non-hydrogen) atoms. The maximum absolute atomic E-state index is 13.6. The lowest BCUT2D eigenvalue weighted by Gasteiger charge is -2.15. The third-order valence-electron chi connectivity index (χ3n) is 5.31. The van der Waals surface area contributed by atoms with Crippen LogP contribution in [-0.4, -0.2) is 38.1 Å². The third kappa shape index (κ3) is 6.15. The van der Waals surface area contributed by atoms with Gasteiger partial charge in [-0.05, 0) is 65.6 Å². The van der Waals surface area contributed by atoms with Gasteiger partial charge in [-0.2, -0.15) is 0 Å². The van der Waals surface area contributed by atoms with Gasteiger partial charge in [0.1, 0.15) is 11.6 Å². The van der Waals surface area contributed by atoms with E-state index in [1.165, 1.54) is 30.3 Å². The van der Waals surface area contributed by atoms with E-state index in [1.54, 1.807) is 30.5 Å². The lowest BCUT2D eigenvalue weighted by molar-refractivity contribution is -0.139. The molecule has 2 aromatic carbocycles. The number of hydrogen-bond donors (Lipinski definition) is 3. The Morgan fingerprint density at radius 3 is 2.03 bits per heavy atom. The molecular weight excluding hydrogens is 428 g/mol. The largest absolute Gasteiger partial charge is 0.481 e. The van der Waals surface area contributed by atoms with Gasteiger partial charge in [0, 0.05) is 23.9 Å². The van der Waals surface area contributed by atoms with E-state index in [4.69, 9.17) is 5.11 Å². The number of aliphatic carboxylic acids is 1. The molecule has 1 aromatic heterocycles. The predicted octanol–water partition coefficient (Wildman–Crippen LogP) is 5.28. The Hall–Kier alpha value is -3.29. The Bertz CT molecular complexity index is 1120. The number of carboxylic acids is 1. The molecule has 0 spiro atoms. The molecule has 0 fully saturated rings. The van der Waals surface area contributed by atoms with Crippen molar-refractivity contribution >= 4 is 12.2 Å². The highest BCUT2D eigenvalue weighted by Gasteiger charge is 2.20. The standard InChI is InChI=1S/C26H27F2NO4/c1-16(2)24-15-23(17-3-7-19(27)8-4-17)26(18-5-9-20(28)10-6-18)29(24)12-11-21(30)13-22(31)14-25(32)33/h3-12,15-16,21-22,30-31H,13-14H2,1-2H3,(H,32,33). The molecule has 0 aliphatic rings. The molecule has 0 aliphatic carbocycles. The second-order valence-electron chi connectivity index (χ2n) is 8.27. The van der Waals surface area contributed by atoms with E-state index in [1.807, 2.05) is 24.5 Å². The molecule has 3 rings (SSSR count). The minimum atomic E-state index is -1.18. The first-order chi connectivity index (χ1) is 15.7. The van der Waals surface area contributed by atoms with Crippen molar-refractivity contribution in [3.8, 4) is 22.4 Å². The number of carbonyl (C=O) groups is 1. The van der Waals surface area contributed by atoms with E-state index in [0.717, 1.165) is 28.1 Å². The number of nitrogens with zero attached hydrogens (tertiary/aromatic N) is 1. The van der Waals surface area contributed by atoms with Crippen molar-refractivity contribution < 1.29 is 28.9 Å². The van der Waals surface area contributed by atoms with Crippen molar-refractivity contribution in [2.45, 2.75) is 44.8 Å². The molecule has 2 atom stereocenters. The topological polar surface area (TPSA) is 82.7 Å². The van der Waals surface area contributed by atoms with Crippen molar-refractivity contribution in [3.63, 3.8) is 0 Å². The average Bonchev–Trinajstić information content (AvgIpc) is 3.12. The SMILES string of the molecule is CC(C)c1cc(-c2ccc(F)cc2)c(-c2ccc(F)cc2)n1C=CC(O)CC(O)CC(=O)O. The summed E-state index contributed by atoms with van der Waals surface area (Å²) in [6.07, 6.45) is 0.316. The summed E-state index contributed by atoms with van der Waals surface area (Å²) in [5, 5.41) is 28.9. The van der Waals surface area contributed by atoms with Crippen LogP contribution in [0, 0.1) is 11.6 Å². The Morgan fingerprint density at radius 2 is 1.52 bits per heavy atom. The van der Waals surface area contributed by atoms with Crippen LogP contribution in [0.2, 0.25) is 0 Å². The molecule has 2 unspecified atom stereocenters. The number of halogens is 2. The number of carboxylic acid groups (broad SMARTS) is 1. The lowest BCUT2D eigenvalue weighted by Crippen LogP contribution is -2.19. The van der Waals surface area contributed by atoms with Crippen LogP contribution < -0.4 is 0 Å². The summed E-state index contributed by atoms with van der Waals surface area (Å²) in [6, 6.07) is 14.1. The summed E-state index contributed by atoms with van der Waals surface area (Å²) in [7, 11) is 0. The predicted molar refractivity (Wildman–Crippen MR) is 124 cm³/mol. The minimum absolute atomic E-state index is 0.0813. The Kier molecular flexibility index (Phi) is 7.79. The molecule has 0 aliphatic heterocycles. The van der Waals surface area contributed by atoms with Crippen LogP contribution in [0.1, 0.15) is 38.3 Å². The first-order valence-corrected chi connectivity index (χ1v) is 10.7. The van der Waals surface area contributed by atoms with Gasteiger partial charge < -0.3 is 19.9 Å². The molecule has 3 N–H and O–H groups in total. The van der Waals surface area contributed by atoms with Crippen molar-refractivity contribution in [3.05, 3.63) is 78.0 Å². The zero-order valence-electron chi connectivity index (χ0n) is 18.5. The molecule has 0 radical (unpaired) electrons. The van der Waals surface area contributed by atoms with Gasteiger partial charge in [0.15, 0.2) is 0 Å². The molecule has 3 aromatic rings. The van der Waals surface area contributed by atoms with Crippen molar-refractivity contribution in [1.29, 1.82) is 0 Å². The second-order valence-corrected chi connectivity index (χ2v) is 8.27. The highest BCUT2D eigenvalue weighted by molar-refractivity contribution is 5.84.